The van der Waals surface area contributed by atoms with Crippen molar-refractivity contribution in [2.75, 3.05) is 26.7 Å². The van der Waals surface area contributed by atoms with Crippen LogP contribution in [0.1, 0.15) is 32.1 Å². The normalized spacial score (nSPS) is 33.4. The van der Waals surface area contributed by atoms with Crippen molar-refractivity contribution in [2.24, 2.45) is 5.92 Å². The van der Waals surface area contributed by atoms with Crippen molar-refractivity contribution in [1.29, 1.82) is 0 Å². The molecule has 0 radical (unpaired) electrons. The zero-order valence-electron chi connectivity index (χ0n) is 9.80. The molecule has 1 saturated carbocycles. The molecule has 2 N–H and O–H groups in total. The average molecular weight is 212 g/mol. The highest BCUT2D eigenvalue weighted by Crippen LogP contribution is 2.22. The Morgan fingerprint density at radius 2 is 2.00 bits per heavy atom. The summed E-state index contributed by atoms with van der Waals surface area (Å²) in [4.78, 5) is 0. The van der Waals surface area contributed by atoms with E-state index in [1.54, 1.807) is 0 Å². The van der Waals surface area contributed by atoms with Gasteiger partial charge in [0.15, 0.2) is 0 Å². The molecule has 0 bridgehead atoms. The first-order valence-electron chi connectivity index (χ1n) is 6.35. The SMILES string of the molecule is COC1CCC(NCC2CCNCC2)C1. The van der Waals surface area contributed by atoms with Gasteiger partial charge in [-0.1, -0.05) is 0 Å². The van der Waals surface area contributed by atoms with Crippen LogP contribution < -0.4 is 10.6 Å². The fourth-order valence-corrected chi connectivity index (χ4v) is 2.76. The van der Waals surface area contributed by atoms with Crippen LogP contribution in [0.5, 0.6) is 0 Å². The number of hydrogen-bond donors (Lipinski definition) is 2. The largest absolute Gasteiger partial charge is 0.381 e. The number of hydrogen-bond acceptors (Lipinski definition) is 3. The summed E-state index contributed by atoms with van der Waals surface area (Å²) in [6, 6.07) is 0.713. The molecular weight excluding hydrogens is 188 g/mol. The van der Waals surface area contributed by atoms with Crippen LogP contribution in [0.2, 0.25) is 0 Å². The Balaban J connectivity index is 1.61. The van der Waals surface area contributed by atoms with Gasteiger partial charge >= 0.3 is 0 Å². The van der Waals surface area contributed by atoms with Crippen LogP contribution in [0.3, 0.4) is 0 Å². The van der Waals surface area contributed by atoms with E-state index in [0.717, 1.165) is 5.92 Å². The Morgan fingerprint density at radius 1 is 1.20 bits per heavy atom. The van der Waals surface area contributed by atoms with E-state index in [1.165, 1.54) is 51.7 Å². The summed E-state index contributed by atoms with van der Waals surface area (Å²) in [6.07, 6.45) is 6.93. The van der Waals surface area contributed by atoms with Crippen molar-refractivity contribution in [3.8, 4) is 0 Å². The van der Waals surface area contributed by atoms with Gasteiger partial charge in [0.25, 0.3) is 0 Å². The first kappa shape index (κ1) is 11.4. The second-order valence-corrected chi connectivity index (χ2v) is 4.97. The molecule has 1 aliphatic carbocycles. The fourth-order valence-electron chi connectivity index (χ4n) is 2.76. The zero-order valence-corrected chi connectivity index (χ0v) is 9.80. The maximum atomic E-state index is 5.38. The van der Waals surface area contributed by atoms with Crippen molar-refractivity contribution < 1.29 is 4.74 Å². The highest BCUT2D eigenvalue weighted by atomic mass is 16.5. The number of rotatable bonds is 4. The van der Waals surface area contributed by atoms with Gasteiger partial charge in [0.2, 0.25) is 0 Å². The lowest BCUT2D eigenvalue weighted by Gasteiger charge is -2.24. The molecular formula is C12H24N2O. The molecule has 2 rings (SSSR count). The predicted molar refractivity (Wildman–Crippen MR) is 62.0 cm³/mol. The summed E-state index contributed by atoms with van der Waals surface area (Å²) in [5.74, 6) is 0.896. The molecule has 2 aliphatic rings. The molecule has 0 amide bonds. The van der Waals surface area contributed by atoms with E-state index in [-0.39, 0.29) is 0 Å². The van der Waals surface area contributed by atoms with Gasteiger partial charge in [0, 0.05) is 13.2 Å². The highest BCUT2D eigenvalue weighted by Gasteiger charge is 2.24. The van der Waals surface area contributed by atoms with E-state index >= 15 is 0 Å². The molecule has 2 unspecified atom stereocenters. The lowest BCUT2D eigenvalue weighted by atomic mass is 9.98. The maximum Gasteiger partial charge on any atom is 0.0586 e. The lowest BCUT2D eigenvalue weighted by Crippen LogP contribution is -2.37. The van der Waals surface area contributed by atoms with Crippen molar-refractivity contribution in [1.82, 2.24) is 10.6 Å². The molecule has 88 valence electrons. The molecule has 0 aromatic carbocycles. The molecule has 3 nitrogen and oxygen atoms in total. The van der Waals surface area contributed by atoms with Crippen molar-refractivity contribution in [2.45, 2.75) is 44.2 Å². The van der Waals surface area contributed by atoms with Gasteiger partial charge < -0.3 is 15.4 Å². The molecule has 0 aromatic heterocycles. The van der Waals surface area contributed by atoms with Crippen LogP contribution in [0, 0.1) is 5.92 Å². The van der Waals surface area contributed by atoms with Gasteiger partial charge in [-0.2, -0.15) is 0 Å². The molecule has 2 fully saturated rings. The van der Waals surface area contributed by atoms with Crippen LogP contribution in [0.15, 0.2) is 0 Å². The van der Waals surface area contributed by atoms with Crippen LogP contribution in [-0.4, -0.2) is 38.9 Å². The second-order valence-electron chi connectivity index (χ2n) is 4.97. The van der Waals surface area contributed by atoms with Crippen LogP contribution >= 0.6 is 0 Å². The van der Waals surface area contributed by atoms with Crippen LogP contribution in [-0.2, 0) is 4.74 Å². The number of ether oxygens (including phenoxy) is 1. The van der Waals surface area contributed by atoms with Crippen molar-refractivity contribution in [3.63, 3.8) is 0 Å². The Hall–Kier alpha value is -0.120. The van der Waals surface area contributed by atoms with Gasteiger partial charge in [0.1, 0.15) is 0 Å². The minimum absolute atomic E-state index is 0.510. The molecule has 1 saturated heterocycles. The second kappa shape index (κ2) is 5.83. The number of piperidine rings is 1. The minimum Gasteiger partial charge on any atom is -0.381 e. The zero-order chi connectivity index (χ0) is 10.5. The molecule has 0 aromatic rings. The third-order valence-corrected chi connectivity index (χ3v) is 3.87. The summed E-state index contributed by atoms with van der Waals surface area (Å²) >= 11 is 0. The Kier molecular flexibility index (Phi) is 4.42. The number of nitrogens with one attached hydrogen (secondary N) is 2. The van der Waals surface area contributed by atoms with Crippen LogP contribution in [0.25, 0.3) is 0 Å². The smallest absolute Gasteiger partial charge is 0.0586 e. The maximum absolute atomic E-state index is 5.38. The van der Waals surface area contributed by atoms with E-state index in [2.05, 4.69) is 10.6 Å². The molecule has 15 heavy (non-hydrogen) atoms. The number of methoxy groups -OCH3 is 1. The minimum atomic E-state index is 0.510. The molecule has 1 heterocycles. The first-order valence-corrected chi connectivity index (χ1v) is 6.35. The van der Waals surface area contributed by atoms with Crippen molar-refractivity contribution in [3.05, 3.63) is 0 Å². The van der Waals surface area contributed by atoms with Gasteiger partial charge in [-0.25, -0.2) is 0 Å². The van der Waals surface area contributed by atoms with Gasteiger partial charge in [0.05, 0.1) is 6.10 Å². The van der Waals surface area contributed by atoms with Crippen molar-refractivity contribution >= 4 is 0 Å². The molecule has 2 atom stereocenters. The average Bonchev–Trinajstić information content (AvgIpc) is 2.76. The molecule has 1 aliphatic heterocycles. The summed E-state index contributed by atoms with van der Waals surface area (Å²) in [5.41, 5.74) is 0. The van der Waals surface area contributed by atoms with E-state index < -0.39 is 0 Å². The standard InChI is InChI=1S/C12H24N2O/c1-15-12-3-2-11(8-12)14-9-10-4-6-13-7-5-10/h10-14H,2-9H2,1H3. The topological polar surface area (TPSA) is 33.3 Å². The summed E-state index contributed by atoms with van der Waals surface area (Å²) in [7, 11) is 1.83. The Bertz CT molecular complexity index is 180. The highest BCUT2D eigenvalue weighted by molar-refractivity contribution is 4.82. The quantitative estimate of drug-likeness (QED) is 0.733. The monoisotopic (exact) mass is 212 g/mol. The third-order valence-electron chi connectivity index (χ3n) is 3.87. The first-order chi connectivity index (χ1) is 7.38. The van der Waals surface area contributed by atoms with Crippen LogP contribution in [0.4, 0.5) is 0 Å². The fraction of sp³-hybridized carbons (Fsp3) is 1.00. The Morgan fingerprint density at radius 3 is 2.67 bits per heavy atom. The van der Waals surface area contributed by atoms with E-state index in [1.807, 2.05) is 7.11 Å². The third kappa shape index (κ3) is 3.44. The van der Waals surface area contributed by atoms with Gasteiger partial charge in [-0.05, 0) is 57.7 Å². The van der Waals surface area contributed by atoms with Gasteiger partial charge in [-0.3, -0.25) is 0 Å². The summed E-state index contributed by atoms with van der Waals surface area (Å²) in [5, 5.41) is 7.12. The lowest BCUT2D eigenvalue weighted by molar-refractivity contribution is 0.106. The van der Waals surface area contributed by atoms with E-state index in [0.29, 0.717) is 12.1 Å². The van der Waals surface area contributed by atoms with E-state index in [4.69, 9.17) is 4.74 Å². The predicted octanol–water partition coefficient (Wildman–Crippen LogP) is 1.14. The summed E-state index contributed by atoms with van der Waals surface area (Å²) < 4.78 is 5.38. The van der Waals surface area contributed by atoms with E-state index in [9.17, 15) is 0 Å². The summed E-state index contributed by atoms with van der Waals surface area (Å²) in [6.45, 7) is 3.62. The van der Waals surface area contributed by atoms with Gasteiger partial charge in [-0.15, -0.1) is 0 Å². The molecule has 0 spiro atoms. The molecule has 3 heteroatoms. The Labute approximate surface area is 93.0 Å².